The first-order chi connectivity index (χ1) is 12.5. The topological polar surface area (TPSA) is 105 Å². The van der Waals surface area contributed by atoms with Gasteiger partial charge < -0.3 is 16.0 Å². The van der Waals surface area contributed by atoms with Gasteiger partial charge >= 0.3 is 0 Å². The average molecular weight is 351 g/mol. The lowest BCUT2D eigenvalue weighted by atomic mass is 10.2. The predicted octanol–water partition coefficient (Wildman–Crippen LogP) is 2.41. The number of carbonyl (C=O) groups is 1. The lowest BCUT2D eigenvalue weighted by Gasteiger charge is -2.13. The highest BCUT2D eigenvalue weighted by Gasteiger charge is 2.12. The monoisotopic (exact) mass is 351 g/mol. The molecule has 2 heterocycles. The van der Waals surface area contributed by atoms with E-state index in [4.69, 9.17) is 0 Å². The van der Waals surface area contributed by atoms with Gasteiger partial charge in [0.25, 0.3) is 0 Å². The molecule has 1 unspecified atom stereocenters. The van der Waals surface area contributed by atoms with Crippen molar-refractivity contribution in [3.05, 3.63) is 42.4 Å². The highest BCUT2D eigenvalue weighted by atomic mass is 16.1. The van der Waals surface area contributed by atoms with Crippen molar-refractivity contribution >= 4 is 34.4 Å². The maximum atomic E-state index is 11.5. The number of hydrogen-bond donors (Lipinski definition) is 3. The minimum atomic E-state index is -0.106. The first-order valence-corrected chi connectivity index (χ1v) is 8.33. The summed E-state index contributed by atoms with van der Waals surface area (Å²) < 4.78 is 0. The van der Waals surface area contributed by atoms with E-state index in [1.165, 1.54) is 6.33 Å². The van der Waals surface area contributed by atoms with Gasteiger partial charge in [0.1, 0.15) is 17.4 Å². The fourth-order valence-corrected chi connectivity index (χ4v) is 2.53. The summed E-state index contributed by atoms with van der Waals surface area (Å²) in [4.78, 5) is 28.8. The van der Waals surface area contributed by atoms with Crippen molar-refractivity contribution < 1.29 is 4.79 Å². The molecule has 8 heteroatoms. The molecule has 0 bridgehead atoms. The second kappa shape index (κ2) is 7.73. The van der Waals surface area contributed by atoms with Gasteiger partial charge in [-0.1, -0.05) is 12.1 Å². The number of amides is 1. The lowest BCUT2D eigenvalue weighted by molar-refractivity contribution is -0.120. The van der Waals surface area contributed by atoms with Gasteiger partial charge in [-0.05, 0) is 31.5 Å². The van der Waals surface area contributed by atoms with E-state index in [1.807, 2.05) is 38.1 Å². The molecule has 1 aromatic carbocycles. The molecule has 1 amide bonds. The summed E-state index contributed by atoms with van der Waals surface area (Å²) >= 11 is 0. The van der Waals surface area contributed by atoms with Crippen molar-refractivity contribution in [1.29, 1.82) is 0 Å². The fraction of sp³-hybridized carbons (Fsp3) is 0.278. The van der Waals surface area contributed by atoms with Gasteiger partial charge in [0.2, 0.25) is 11.9 Å². The number of hydrogen-bond acceptors (Lipinski definition) is 7. The van der Waals surface area contributed by atoms with Crippen molar-refractivity contribution in [1.82, 2.24) is 25.3 Å². The Morgan fingerprint density at radius 2 is 2.08 bits per heavy atom. The molecule has 1 atom stereocenters. The molecule has 0 radical (unpaired) electrons. The Hall–Kier alpha value is -3.29. The van der Waals surface area contributed by atoms with Crippen LogP contribution >= 0.6 is 0 Å². The molecule has 2 aromatic heterocycles. The minimum Gasteiger partial charge on any atom is -0.359 e. The molecular formula is C18H21N7O. The van der Waals surface area contributed by atoms with Crippen LogP contribution in [-0.4, -0.2) is 38.9 Å². The number of fused-ring (bicyclic) bond motifs is 1. The van der Waals surface area contributed by atoms with Gasteiger partial charge in [-0.15, -0.1) is 0 Å². The second-order valence-electron chi connectivity index (χ2n) is 6.07. The van der Waals surface area contributed by atoms with Gasteiger partial charge in [-0.25, -0.2) is 19.9 Å². The molecule has 0 aliphatic heterocycles. The zero-order chi connectivity index (χ0) is 18.5. The normalized spacial score (nSPS) is 11.8. The van der Waals surface area contributed by atoms with Crippen molar-refractivity contribution in [2.75, 3.05) is 17.7 Å². The standard InChI is InChI=1S/C18H21N7O/c1-11-5-4-6-13(7-11)24-17-16-14(21-10-22-17)9-20-18(25-16)23-12(2)8-15(26)19-3/h4-7,9-10,12H,8H2,1-3H3,(H,19,26)(H,20,23,25)(H,21,22,24). The van der Waals surface area contributed by atoms with E-state index in [0.29, 0.717) is 29.2 Å². The number of benzene rings is 1. The number of rotatable bonds is 6. The lowest BCUT2D eigenvalue weighted by Crippen LogP contribution is -2.27. The molecule has 3 rings (SSSR count). The fourth-order valence-electron chi connectivity index (χ4n) is 2.53. The molecule has 0 fully saturated rings. The number of nitrogens with zero attached hydrogens (tertiary/aromatic N) is 4. The van der Waals surface area contributed by atoms with Crippen LogP contribution in [0.15, 0.2) is 36.8 Å². The maximum absolute atomic E-state index is 11.5. The molecule has 26 heavy (non-hydrogen) atoms. The molecule has 134 valence electrons. The zero-order valence-electron chi connectivity index (χ0n) is 14.9. The molecule has 3 N–H and O–H groups in total. The van der Waals surface area contributed by atoms with Crippen molar-refractivity contribution in [3.8, 4) is 0 Å². The maximum Gasteiger partial charge on any atom is 0.223 e. The smallest absolute Gasteiger partial charge is 0.223 e. The Bertz CT molecular complexity index is 928. The van der Waals surface area contributed by atoms with Crippen molar-refractivity contribution in [3.63, 3.8) is 0 Å². The Kier molecular flexibility index (Phi) is 5.21. The van der Waals surface area contributed by atoms with E-state index in [-0.39, 0.29) is 11.9 Å². The Balaban J connectivity index is 1.86. The van der Waals surface area contributed by atoms with Gasteiger partial charge in [0.15, 0.2) is 5.82 Å². The van der Waals surface area contributed by atoms with Gasteiger partial charge in [-0.2, -0.15) is 0 Å². The third kappa shape index (κ3) is 4.21. The Morgan fingerprint density at radius 3 is 2.85 bits per heavy atom. The molecular weight excluding hydrogens is 330 g/mol. The SMILES string of the molecule is CNC(=O)CC(C)Nc1ncc2ncnc(Nc3cccc(C)c3)c2n1. The first kappa shape index (κ1) is 17.5. The number of aromatic nitrogens is 4. The summed E-state index contributed by atoms with van der Waals surface area (Å²) in [7, 11) is 1.61. The van der Waals surface area contributed by atoms with E-state index < -0.39 is 0 Å². The molecule has 0 saturated carbocycles. The summed E-state index contributed by atoms with van der Waals surface area (Å²) in [5.74, 6) is 0.983. The summed E-state index contributed by atoms with van der Waals surface area (Å²) in [5.41, 5.74) is 3.32. The molecule has 0 saturated heterocycles. The van der Waals surface area contributed by atoms with Crippen LogP contribution in [0.3, 0.4) is 0 Å². The Morgan fingerprint density at radius 1 is 1.23 bits per heavy atom. The van der Waals surface area contributed by atoms with Crippen LogP contribution in [0.1, 0.15) is 18.9 Å². The summed E-state index contributed by atoms with van der Waals surface area (Å²) in [6.45, 7) is 3.93. The summed E-state index contributed by atoms with van der Waals surface area (Å²) in [5, 5.41) is 9.01. The molecule has 0 spiro atoms. The van der Waals surface area contributed by atoms with Crippen LogP contribution in [0.2, 0.25) is 0 Å². The summed E-state index contributed by atoms with van der Waals surface area (Å²) in [6, 6.07) is 7.89. The van der Waals surface area contributed by atoms with Crippen LogP contribution < -0.4 is 16.0 Å². The summed E-state index contributed by atoms with van der Waals surface area (Å²) in [6.07, 6.45) is 3.45. The number of aryl methyl sites for hydroxylation is 1. The predicted molar refractivity (Wildman–Crippen MR) is 101 cm³/mol. The number of anilines is 3. The third-order valence-electron chi connectivity index (χ3n) is 3.80. The quantitative estimate of drug-likeness (QED) is 0.626. The molecule has 3 aromatic rings. The Labute approximate surface area is 151 Å². The van der Waals surface area contributed by atoms with Crippen molar-refractivity contribution in [2.45, 2.75) is 26.3 Å². The van der Waals surface area contributed by atoms with Crippen molar-refractivity contribution in [2.24, 2.45) is 0 Å². The van der Waals surface area contributed by atoms with E-state index in [9.17, 15) is 4.79 Å². The number of carbonyl (C=O) groups excluding carboxylic acids is 1. The first-order valence-electron chi connectivity index (χ1n) is 8.33. The molecule has 0 aliphatic carbocycles. The van der Waals surface area contributed by atoms with Crippen LogP contribution in [0.5, 0.6) is 0 Å². The van der Waals surface area contributed by atoms with Crippen LogP contribution in [-0.2, 0) is 4.79 Å². The molecule has 0 aliphatic rings. The van der Waals surface area contributed by atoms with E-state index >= 15 is 0 Å². The van der Waals surface area contributed by atoms with Crippen LogP contribution in [0.4, 0.5) is 17.5 Å². The van der Waals surface area contributed by atoms with Crippen LogP contribution in [0.25, 0.3) is 11.0 Å². The van der Waals surface area contributed by atoms with E-state index in [2.05, 4.69) is 35.9 Å². The van der Waals surface area contributed by atoms with E-state index in [0.717, 1.165) is 11.3 Å². The largest absolute Gasteiger partial charge is 0.359 e. The average Bonchev–Trinajstić information content (AvgIpc) is 2.62. The van der Waals surface area contributed by atoms with Gasteiger partial charge in [0.05, 0.1) is 6.20 Å². The van der Waals surface area contributed by atoms with E-state index in [1.54, 1.807) is 13.2 Å². The van der Waals surface area contributed by atoms with Gasteiger partial charge in [-0.3, -0.25) is 4.79 Å². The number of nitrogens with one attached hydrogen (secondary N) is 3. The second-order valence-corrected chi connectivity index (χ2v) is 6.07. The zero-order valence-corrected chi connectivity index (χ0v) is 14.9. The minimum absolute atomic E-state index is 0.0454. The van der Waals surface area contributed by atoms with Gasteiger partial charge in [0, 0.05) is 25.2 Å². The highest BCUT2D eigenvalue weighted by molar-refractivity contribution is 5.87. The highest BCUT2D eigenvalue weighted by Crippen LogP contribution is 2.22. The third-order valence-corrected chi connectivity index (χ3v) is 3.80. The molecule has 8 nitrogen and oxygen atoms in total. The van der Waals surface area contributed by atoms with Crippen LogP contribution in [0, 0.1) is 6.92 Å².